The van der Waals surface area contributed by atoms with Gasteiger partial charge in [0.25, 0.3) is 5.91 Å². The number of likely N-dealkylation sites (tertiary alicyclic amines) is 2. The van der Waals surface area contributed by atoms with Gasteiger partial charge in [0.1, 0.15) is 9.77 Å². The van der Waals surface area contributed by atoms with Crippen LogP contribution in [0.5, 0.6) is 0 Å². The summed E-state index contributed by atoms with van der Waals surface area (Å²) in [5, 5.41) is 6.70. The predicted octanol–water partition coefficient (Wildman–Crippen LogP) is 0.480. The average molecular weight is 357 g/mol. The van der Waals surface area contributed by atoms with Gasteiger partial charge in [0.15, 0.2) is 0 Å². The summed E-state index contributed by atoms with van der Waals surface area (Å²) in [5.74, 6) is -0.279. The molecule has 3 heterocycles. The molecule has 0 bridgehead atoms. The van der Waals surface area contributed by atoms with Crippen LogP contribution >= 0.6 is 11.3 Å². The van der Waals surface area contributed by atoms with Gasteiger partial charge in [0, 0.05) is 26.7 Å². The van der Waals surface area contributed by atoms with E-state index < -0.39 is 15.4 Å². The first-order chi connectivity index (χ1) is 10.7. The molecule has 0 aliphatic carbocycles. The van der Waals surface area contributed by atoms with Crippen molar-refractivity contribution in [3.05, 3.63) is 16.3 Å². The topological polar surface area (TPSA) is 101 Å². The van der Waals surface area contributed by atoms with E-state index in [0.717, 1.165) is 30.7 Å². The van der Waals surface area contributed by atoms with E-state index >= 15 is 0 Å². The second-order valence-corrected chi connectivity index (χ2v) is 8.69. The number of carbonyl (C=O) groups is 2. The average Bonchev–Trinajstić information content (AvgIpc) is 3.11. The SMILES string of the molecule is CN1CCCC2(CCN(C(=O)c3sccc3S(N)(=O)=O)C2)C1=O. The molecule has 1 spiro atoms. The minimum atomic E-state index is -3.93. The van der Waals surface area contributed by atoms with Crippen LogP contribution in [0.4, 0.5) is 0 Å². The number of thiophene rings is 1. The minimum Gasteiger partial charge on any atom is -0.345 e. The Bertz CT molecular complexity index is 758. The smallest absolute Gasteiger partial charge is 0.265 e. The largest absolute Gasteiger partial charge is 0.345 e. The molecule has 2 aliphatic heterocycles. The van der Waals surface area contributed by atoms with Crippen molar-refractivity contribution < 1.29 is 18.0 Å². The van der Waals surface area contributed by atoms with Crippen LogP contribution < -0.4 is 5.14 Å². The fourth-order valence-electron chi connectivity index (χ4n) is 3.51. The van der Waals surface area contributed by atoms with Crippen molar-refractivity contribution in [2.45, 2.75) is 24.2 Å². The van der Waals surface area contributed by atoms with Gasteiger partial charge in [0.2, 0.25) is 15.9 Å². The van der Waals surface area contributed by atoms with Crippen molar-refractivity contribution in [1.29, 1.82) is 0 Å². The molecule has 2 N–H and O–H groups in total. The molecule has 3 rings (SSSR count). The minimum absolute atomic E-state index is 0.0805. The van der Waals surface area contributed by atoms with Gasteiger partial charge in [-0.15, -0.1) is 11.3 Å². The molecule has 0 aromatic carbocycles. The van der Waals surface area contributed by atoms with Gasteiger partial charge in [0.05, 0.1) is 5.41 Å². The van der Waals surface area contributed by atoms with Crippen molar-refractivity contribution in [3.8, 4) is 0 Å². The summed E-state index contributed by atoms with van der Waals surface area (Å²) < 4.78 is 23.2. The second-order valence-electron chi connectivity index (χ2n) is 6.25. The lowest BCUT2D eigenvalue weighted by Crippen LogP contribution is -2.48. The molecular formula is C14H19N3O4S2. The molecule has 2 fully saturated rings. The quantitative estimate of drug-likeness (QED) is 0.832. The van der Waals surface area contributed by atoms with Gasteiger partial charge < -0.3 is 9.80 Å². The first-order valence-corrected chi connectivity index (χ1v) is 9.82. The van der Waals surface area contributed by atoms with Gasteiger partial charge in [-0.1, -0.05) is 0 Å². The van der Waals surface area contributed by atoms with Crippen LogP contribution in [0.2, 0.25) is 0 Å². The second kappa shape index (κ2) is 5.57. The lowest BCUT2D eigenvalue weighted by Gasteiger charge is -2.37. The van der Waals surface area contributed by atoms with Gasteiger partial charge in [-0.2, -0.15) is 0 Å². The zero-order chi connectivity index (χ0) is 16.8. The van der Waals surface area contributed by atoms with Crippen LogP contribution in [0, 0.1) is 5.41 Å². The number of nitrogens with two attached hydrogens (primary N) is 1. The van der Waals surface area contributed by atoms with Crippen molar-refractivity contribution in [1.82, 2.24) is 9.80 Å². The maximum absolute atomic E-state index is 12.7. The number of rotatable bonds is 2. The number of sulfonamides is 1. The number of primary sulfonamides is 1. The highest BCUT2D eigenvalue weighted by Gasteiger charge is 2.49. The third kappa shape index (κ3) is 2.77. The Morgan fingerprint density at radius 3 is 2.78 bits per heavy atom. The van der Waals surface area contributed by atoms with E-state index in [1.165, 1.54) is 6.07 Å². The van der Waals surface area contributed by atoms with Gasteiger partial charge >= 0.3 is 0 Å². The molecule has 126 valence electrons. The number of hydrogen-bond donors (Lipinski definition) is 1. The molecular weight excluding hydrogens is 338 g/mol. The normalized spacial score (nSPS) is 25.4. The van der Waals surface area contributed by atoms with E-state index in [9.17, 15) is 18.0 Å². The van der Waals surface area contributed by atoms with E-state index in [0.29, 0.717) is 19.5 Å². The molecule has 2 saturated heterocycles. The summed E-state index contributed by atoms with van der Waals surface area (Å²) in [6.45, 7) is 1.55. The van der Waals surface area contributed by atoms with E-state index in [1.807, 2.05) is 0 Å². The van der Waals surface area contributed by atoms with Crippen LogP contribution in [-0.2, 0) is 14.8 Å². The molecule has 0 radical (unpaired) electrons. The van der Waals surface area contributed by atoms with E-state index in [-0.39, 0.29) is 21.6 Å². The summed E-state index contributed by atoms with van der Waals surface area (Å²) in [4.78, 5) is 28.5. The van der Waals surface area contributed by atoms with Crippen molar-refractivity contribution in [2.24, 2.45) is 10.6 Å². The molecule has 0 saturated carbocycles. The summed E-state index contributed by atoms with van der Waals surface area (Å²) in [6.07, 6.45) is 2.32. The Kier molecular flexibility index (Phi) is 3.97. The fourth-order valence-corrected chi connectivity index (χ4v) is 5.45. The number of hydrogen-bond acceptors (Lipinski definition) is 5. The first kappa shape index (κ1) is 16.4. The van der Waals surface area contributed by atoms with E-state index in [4.69, 9.17) is 5.14 Å². The maximum atomic E-state index is 12.7. The molecule has 1 aromatic heterocycles. The monoisotopic (exact) mass is 357 g/mol. The molecule has 1 atom stereocenters. The fraction of sp³-hybridized carbons (Fsp3) is 0.571. The van der Waals surface area contributed by atoms with Crippen molar-refractivity contribution in [2.75, 3.05) is 26.7 Å². The third-order valence-corrected chi connectivity index (χ3v) is 6.70. The first-order valence-electron chi connectivity index (χ1n) is 7.40. The molecule has 7 nitrogen and oxygen atoms in total. The highest BCUT2D eigenvalue weighted by Crippen LogP contribution is 2.40. The predicted molar refractivity (Wildman–Crippen MR) is 85.5 cm³/mol. The number of piperidine rings is 1. The highest BCUT2D eigenvalue weighted by molar-refractivity contribution is 7.89. The Balaban J connectivity index is 1.84. The summed E-state index contributed by atoms with van der Waals surface area (Å²) in [7, 11) is -2.15. The maximum Gasteiger partial charge on any atom is 0.265 e. The van der Waals surface area contributed by atoms with Crippen LogP contribution in [0.3, 0.4) is 0 Å². The van der Waals surface area contributed by atoms with E-state index in [1.54, 1.807) is 22.2 Å². The lowest BCUT2D eigenvalue weighted by molar-refractivity contribution is -0.143. The third-order valence-electron chi connectivity index (χ3n) is 4.72. The van der Waals surface area contributed by atoms with Gasteiger partial charge in [-0.3, -0.25) is 9.59 Å². The molecule has 2 aliphatic rings. The molecule has 9 heteroatoms. The number of nitrogens with zero attached hydrogens (tertiary/aromatic N) is 2. The Hall–Kier alpha value is -1.45. The molecule has 1 unspecified atom stereocenters. The van der Waals surface area contributed by atoms with Crippen LogP contribution in [0.25, 0.3) is 0 Å². The standard InChI is InChI=1S/C14H19N3O4S2/c1-16-6-2-4-14(13(16)19)5-7-17(9-14)12(18)11-10(3-8-22-11)23(15,20)21/h3,8H,2,4-7,9H2,1H3,(H2,15,20,21). The zero-order valence-electron chi connectivity index (χ0n) is 12.8. The van der Waals surface area contributed by atoms with Crippen LogP contribution in [0.15, 0.2) is 16.3 Å². The highest BCUT2D eigenvalue weighted by atomic mass is 32.2. The molecule has 2 amide bonds. The molecule has 1 aromatic rings. The van der Waals surface area contributed by atoms with Crippen LogP contribution in [0.1, 0.15) is 28.9 Å². The van der Waals surface area contributed by atoms with Gasteiger partial charge in [-0.05, 0) is 30.7 Å². The Labute approximate surface area is 139 Å². The summed E-state index contributed by atoms with van der Waals surface area (Å²) >= 11 is 1.06. The summed E-state index contributed by atoms with van der Waals surface area (Å²) in [6, 6.07) is 1.35. The van der Waals surface area contributed by atoms with Gasteiger partial charge in [-0.25, -0.2) is 13.6 Å². The number of carbonyl (C=O) groups excluding carboxylic acids is 2. The zero-order valence-corrected chi connectivity index (χ0v) is 14.5. The molecule has 23 heavy (non-hydrogen) atoms. The Morgan fingerprint density at radius 1 is 1.35 bits per heavy atom. The Morgan fingerprint density at radius 2 is 2.09 bits per heavy atom. The van der Waals surface area contributed by atoms with Crippen LogP contribution in [-0.4, -0.2) is 56.7 Å². The summed E-state index contributed by atoms with van der Waals surface area (Å²) in [5.41, 5.74) is -0.512. The van der Waals surface area contributed by atoms with E-state index in [2.05, 4.69) is 0 Å². The lowest BCUT2D eigenvalue weighted by atomic mass is 9.78. The van der Waals surface area contributed by atoms with Crippen molar-refractivity contribution >= 4 is 33.2 Å². The van der Waals surface area contributed by atoms with Crippen molar-refractivity contribution in [3.63, 3.8) is 0 Å². The number of amides is 2.